The normalized spacial score (nSPS) is 9.50. The summed E-state index contributed by atoms with van der Waals surface area (Å²) in [4.78, 5) is 13.7. The van der Waals surface area contributed by atoms with Crippen molar-refractivity contribution in [2.45, 2.75) is 20.4 Å². The SMILES string of the molecule is COc1cc(C)c(CN=C=O)c(OC)c1C. The largest absolute Gasteiger partial charge is 0.496 e. The molecule has 1 aromatic rings. The van der Waals surface area contributed by atoms with Crippen LogP contribution in [0.25, 0.3) is 0 Å². The summed E-state index contributed by atoms with van der Waals surface area (Å²) < 4.78 is 10.6. The van der Waals surface area contributed by atoms with Gasteiger partial charge in [0.15, 0.2) is 0 Å². The van der Waals surface area contributed by atoms with Gasteiger partial charge in [-0.3, -0.25) is 0 Å². The molecule has 0 heterocycles. The van der Waals surface area contributed by atoms with Crippen LogP contribution in [0.4, 0.5) is 0 Å². The number of isocyanates is 1. The molecular weight excluding hydrogens is 206 g/mol. The molecular formula is C12H15NO3. The lowest BCUT2D eigenvalue weighted by molar-refractivity contribution is 0.385. The number of aliphatic imine (C=N–C) groups is 1. The molecule has 0 unspecified atom stereocenters. The molecule has 0 aliphatic heterocycles. The lowest BCUT2D eigenvalue weighted by Crippen LogP contribution is -2.00. The van der Waals surface area contributed by atoms with Crippen molar-refractivity contribution in [3.63, 3.8) is 0 Å². The van der Waals surface area contributed by atoms with E-state index in [1.807, 2.05) is 19.9 Å². The van der Waals surface area contributed by atoms with E-state index in [1.54, 1.807) is 14.2 Å². The molecule has 0 aliphatic rings. The Balaban J connectivity index is 3.36. The van der Waals surface area contributed by atoms with Gasteiger partial charge in [0.1, 0.15) is 11.5 Å². The van der Waals surface area contributed by atoms with Gasteiger partial charge >= 0.3 is 0 Å². The average molecular weight is 221 g/mol. The Bertz CT molecular complexity index is 434. The van der Waals surface area contributed by atoms with Crippen molar-refractivity contribution in [1.29, 1.82) is 0 Å². The third-order valence-corrected chi connectivity index (χ3v) is 2.53. The van der Waals surface area contributed by atoms with Crippen LogP contribution in [0.2, 0.25) is 0 Å². The third-order valence-electron chi connectivity index (χ3n) is 2.53. The fourth-order valence-electron chi connectivity index (χ4n) is 1.71. The van der Waals surface area contributed by atoms with Crippen LogP contribution in [0.15, 0.2) is 11.1 Å². The van der Waals surface area contributed by atoms with Crippen LogP contribution in [0, 0.1) is 13.8 Å². The summed E-state index contributed by atoms with van der Waals surface area (Å²) in [5, 5.41) is 0. The van der Waals surface area contributed by atoms with E-state index >= 15 is 0 Å². The van der Waals surface area contributed by atoms with Crippen LogP contribution in [0.1, 0.15) is 16.7 Å². The second-order valence-corrected chi connectivity index (χ2v) is 3.44. The van der Waals surface area contributed by atoms with E-state index in [2.05, 4.69) is 4.99 Å². The Hall–Kier alpha value is -1.80. The monoisotopic (exact) mass is 221 g/mol. The van der Waals surface area contributed by atoms with Crippen molar-refractivity contribution >= 4 is 6.08 Å². The molecule has 0 atom stereocenters. The number of methoxy groups -OCH3 is 2. The second-order valence-electron chi connectivity index (χ2n) is 3.44. The van der Waals surface area contributed by atoms with Gasteiger partial charge in [-0.05, 0) is 25.5 Å². The topological polar surface area (TPSA) is 47.9 Å². The average Bonchev–Trinajstić information content (AvgIpc) is 2.29. The fourth-order valence-corrected chi connectivity index (χ4v) is 1.71. The van der Waals surface area contributed by atoms with E-state index in [0.717, 1.165) is 28.2 Å². The Kier molecular flexibility index (Phi) is 4.09. The fraction of sp³-hybridized carbons (Fsp3) is 0.417. The van der Waals surface area contributed by atoms with Gasteiger partial charge in [-0.25, -0.2) is 9.79 Å². The molecule has 0 N–H and O–H groups in total. The first kappa shape index (κ1) is 12.3. The maximum absolute atomic E-state index is 10.1. The van der Waals surface area contributed by atoms with E-state index in [-0.39, 0.29) is 6.54 Å². The maximum Gasteiger partial charge on any atom is 0.235 e. The zero-order valence-electron chi connectivity index (χ0n) is 9.96. The van der Waals surface area contributed by atoms with Gasteiger partial charge < -0.3 is 9.47 Å². The molecule has 0 fully saturated rings. The highest BCUT2D eigenvalue weighted by Gasteiger charge is 2.14. The summed E-state index contributed by atoms with van der Waals surface area (Å²) in [7, 11) is 3.21. The van der Waals surface area contributed by atoms with E-state index in [0.29, 0.717) is 0 Å². The van der Waals surface area contributed by atoms with Gasteiger partial charge in [-0.2, -0.15) is 0 Å². The Morgan fingerprint density at radius 3 is 2.50 bits per heavy atom. The number of nitrogens with zero attached hydrogens (tertiary/aromatic N) is 1. The molecule has 0 aliphatic carbocycles. The smallest absolute Gasteiger partial charge is 0.235 e. The maximum atomic E-state index is 10.1. The molecule has 86 valence electrons. The highest BCUT2D eigenvalue weighted by atomic mass is 16.5. The first-order valence-corrected chi connectivity index (χ1v) is 4.90. The summed E-state index contributed by atoms with van der Waals surface area (Å²) in [6.07, 6.45) is 1.53. The first-order chi connectivity index (χ1) is 7.65. The molecule has 16 heavy (non-hydrogen) atoms. The van der Waals surface area contributed by atoms with Crippen LogP contribution in [-0.4, -0.2) is 20.3 Å². The molecule has 0 spiro atoms. The Labute approximate surface area is 94.9 Å². The van der Waals surface area contributed by atoms with E-state index < -0.39 is 0 Å². The molecule has 0 bridgehead atoms. The molecule has 0 radical (unpaired) electrons. The molecule has 4 nitrogen and oxygen atoms in total. The number of carbonyl (C=O) groups excluding carboxylic acids is 1. The van der Waals surface area contributed by atoms with Crippen molar-refractivity contribution in [1.82, 2.24) is 0 Å². The zero-order valence-corrected chi connectivity index (χ0v) is 9.96. The summed E-state index contributed by atoms with van der Waals surface area (Å²) in [6.45, 7) is 4.12. The van der Waals surface area contributed by atoms with E-state index in [1.165, 1.54) is 6.08 Å². The van der Waals surface area contributed by atoms with Crippen molar-refractivity contribution in [2.24, 2.45) is 4.99 Å². The van der Waals surface area contributed by atoms with Crippen molar-refractivity contribution in [3.8, 4) is 11.5 Å². The molecule has 4 heteroatoms. The van der Waals surface area contributed by atoms with Crippen LogP contribution < -0.4 is 9.47 Å². The number of hydrogen-bond acceptors (Lipinski definition) is 4. The Morgan fingerprint density at radius 1 is 1.31 bits per heavy atom. The van der Waals surface area contributed by atoms with Gasteiger partial charge in [-0.15, -0.1) is 0 Å². The number of rotatable bonds is 4. The summed E-state index contributed by atoms with van der Waals surface area (Å²) in [5.41, 5.74) is 2.79. The van der Waals surface area contributed by atoms with Gasteiger partial charge in [0.05, 0.1) is 20.8 Å². The minimum absolute atomic E-state index is 0.281. The highest BCUT2D eigenvalue weighted by molar-refractivity contribution is 5.53. The highest BCUT2D eigenvalue weighted by Crippen LogP contribution is 2.34. The number of aryl methyl sites for hydroxylation is 1. The number of benzene rings is 1. The molecule has 0 saturated heterocycles. The molecule has 1 aromatic carbocycles. The summed E-state index contributed by atoms with van der Waals surface area (Å²) in [5.74, 6) is 1.49. The molecule has 0 amide bonds. The number of hydrogen-bond donors (Lipinski definition) is 0. The van der Waals surface area contributed by atoms with Gasteiger partial charge in [-0.1, -0.05) is 0 Å². The van der Waals surface area contributed by atoms with Crippen molar-refractivity contribution in [2.75, 3.05) is 14.2 Å². The molecule has 1 rings (SSSR count). The predicted molar refractivity (Wildman–Crippen MR) is 60.8 cm³/mol. The second kappa shape index (κ2) is 5.33. The van der Waals surface area contributed by atoms with Gasteiger partial charge in [0.25, 0.3) is 0 Å². The minimum atomic E-state index is 0.281. The molecule has 0 saturated carbocycles. The lowest BCUT2D eigenvalue weighted by Gasteiger charge is -2.15. The van der Waals surface area contributed by atoms with E-state index in [9.17, 15) is 4.79 Å². The molecule has 0 aromatic heterocycles. The van der Waals surface area contributed by atoms with Crippen LogP contribution >= 0.6 is 0 Å². The standard InChI is InChI=1S/C12H15NO3/c1-8-5-11(15-3)9(2)12(16-4)10(8)6-13-7-14/h5H,6H2,1-4H3. The van der Waals surface area contributed by atoms with Crippen LogP contribution in [0.5, 0.6) is 11.5 Å². The van der Waals surface area contributed by atoms with E-state index in [4.69, 9.17) is 9.47 Å². The van der Waals surface area contributed by atoms with Crippen LogP contribution in [-0.2, 0) is 11.3 Å². The summed E-state index contributed by atoms with van der Waals surface area (Å²) >= 11 is 0. The third kappa shape index (κ3) is 2.23. The predicted octanol–water partition coefficient (Wildman–Crippen LogP) is 2.16. The Morgan fingerprint density at radius 2 is 2.00 bits per heavy atom. The van der Waals surface area contributed by atoms with Gasteiger partial charge in [0, 0.05) is 11.1 Å². The lowest BCUT2D eigenvalue weighted by atomic mass is 10.0. The van der Waals surface area contributed by atoms with Gasteiger partial charge in [0.2, 0.25) is 6.08 Å². The van der Waals surface area contributed by atoms with Crippen LogP contribution in [0.3, 0.4) is 0 Å². The quantitative estimate of drug-likeness (QED) is 0.578. The number of ether oxygens (including phenoxy) is 2. The van der Waals surface area contributed by atoms with Crippen molar-refractivity contribution < 1.29 is 14.3 Å². The summed E-state index contributed by atoms with van der Waals surface area (Å²) in [6, 6.07) is 1.91. The van der Waals surface area contributed by atoms with Crippen molar-refractivity contribution in [3.05, 3.63) is 22.8 Å². The first-order valence-electron chi connectivity index (χ1n) is 4.90. The minimum Gasteiger partial charge on any atom is -0.496 e. The zero-order chi connectivity index (χ0) is 12.1.